The van der Waals surface area contributed by atoms with E-state index in [0.29, 0.717) is 22.0 Å². The van der Waals surface area contributed by atoms with E-state index in [1.807, 2.05) is 0 Å². The highest BCUT2D eigenvalue weighted by atomic mass is 35.5. The van der Waals surface area contributed by atoms with E-state index < -0.39 is 5.97 Å². The summed E-state index contributed by atoms with van der Waals surface area (Å²) in [5.74, 6) is -0.758. The maximum Gasteiger partial charge on any atom is 0.340 e. The molecule has 6 heteroatoms. The number of aromatic hydroxyl groups is 1. The van der Waals surface area contributed by atoms with E-state index in [9.17, 15) is 14.7 Å². The van der Waals surface area contributed by atoms with Crippen LogP contribution in [0, 0.1) is 0 Å². The number of benzene rings is 2. The molecule has 0 radical (unpaired) electrons. The van der Waals surface area contributed by atoms with Gasteiger partial charge in [0.05, 0.1) is 17.8 Å². The molecule has 0 spiro atoms. The van der Waals surface area contributed by atoms with Crippen LogP contribution in [0.5, 0.6) is 5.75 Å². The number of allylic oxidation sites excluding steroid dienone is 1. The van der Waals surface area contributed by atoms with E-state index in [2.05, 4.69) is 0 Å². The van der Waals surface area contributed by atoms with Crippen molar-refractivity contribution in [3.8, 4) is 5.75 Å². The monoisotopic (exact) mass is 383 g/mol. The van der Waals surface area contributed by atoms with Crippen LogP contribution >= 0.6 is 11.6 Å². The molecule has 1 aliphatic heterocycles. The van der Waals surface area contributed by atoms with Gasteiger partial charge in [0.25, 0.3) is 5.91 Å². The van der Waals surface area contributed by atoms with Crippen LogP contribution in [0.4, 0.5) is 5.69 Å². The van der Waals surface area contributed by atoms with Gasteiger partial charge in [0.15, 0.2) is 0 Å². The number of amides is 1. The Kier molecular flexibility index (Phi) is 5.33. The van der Waals surface area contributed by atoms with Gasteiger partial charge in [0.1, 0.15) is 5.75 Å². The van der Waals surface area contributed by atoms with Gasteiger partial charge in [-0.2, -0.15) is 0 Å². The molecule has 1 heterocycles. The summed E-state index contributed by atoms with van der Waals surface area (Å²) in [7, 11) is 0. The standard InChI is InChI=1S/C21H18ClNO4/c1-3-27-21(26)19-13(2)23(16-8-6-15(22)7-9-16)20(25)18(19)12-14-4-10-17(24)11-5-14/h4-12,24H,3H2,1-2H3/b18-12-. The summed E-state index contributed by atoms with van der Waals surface area (Å²) in [5.41, 5.74) is 2.25. The highest BCUT2D eigenvalue weighted by Crippen LogP contribution is 2.36. The fourth-order valence-electron chi connectivity index (χ4n) is 2.92. The molecule has 0 aromatic heterocycles. The van der Waals surface area contributed by atoms with Crippen molar-refractivity contribution >= 4 is 35.2 Å². The van der Waals surface area contributed by atoms with Crippen molar-refractivity contribution in [3.05, 3.63) is 76.0 Å². The molecule has 1 aliphatic rings. The Morgan fingerprint density at radius 1 is 1.15 bits per heavy atom. The predicted octanol–water partition coefficient (Wildman–Crippen LogP) is 4.31. The third-order valence-electron chi connectivity index (χ3n) is 4.17. The number of rotatable bonds is 4. The molecule has 27 heavy (non-hydrogen) atoms. The fraction of sp³-hybridized carbons (Fsp3) is 0.143. The van der Waals surface area contributed by atoms with E-state index >= 15 is 0 Å². The molecule has 3 rings (SSSR count). The van der Waals surface area contributed by atoms with Gasteiger partial charge < -0.3 is 9.84 Å². The lowest BCUT2D eigenvalue weighted by molar-refractivity contribution is -0.138. The van der Waals surface area contributed by atoms with Crippen molar-refractivity contribution in [2.45, 2.75) is 13.8 Å². The molecular formula is C21H18ClNO4. The third kappa shape index (κ3) is 3.73. The molecule has 0 bridgehead atoms. The van der Waals surface area contributed by atoms with Crippen LogP contribution in [0.2, 0.25) is 5.02 Å². The highest BCUT2D eigenvalue weighted by Gasteiger charge is 2.38. The molecular weight excluding hydrogens is 366 g/mol. The lowest BCUT2D eigenvalue weighted by Gasteiger charge is -2.17. The van der Waals surface area contributed by atoms with Crippen LogP contribution in [0.25, 0.3) is 6.08 Å². The molecule has 0 atom stereocenters. The number of phenolic OH excluding ortho intramolecular Hbond substituents is 1. The zero-order valence-corrected chi connectivity index (χ0v) is 15.7. The molecule has 0 saturated heterocycles. The van der Waals surface area contributed by atoms with Crippen molar-refractivity contribution in [2.24, 2.45) is 0 Å². The number of halogens is 1. The minimum Gasteiger partial charge on any atom is -0.508 e. The Morgan fingerprint density at radius 2 is 1.78 bits per heavy atom. The molecule has 1 N–H and O–H groups in total. The summed E-state index contributed by atoms with van der Waals surface area (Å²) in [6.07, 6.45) is 1.62. The number of phenols is 1. The average Bonchev–Trinajstić information content (AvgIpc) is 2.88. The Bertz CT molecular complexity index is 943. The molecule has 2 aromatic rings. The van der Waals surface area contributed by atoms with Crippen molar-refractivity contribution in [1.82, 2.24) is 0 Å². The summed E-state index contributed by atoms with van der Waals surface area (Å²) in [4.78, 5) is 27.1. The van der Waals surface area contributed by atoms with E-state index in [-0.39, 0.29) is 29.4 Å². The van der Waals surface area contributed by atoms with Gasteiger partial charge >= 0.3 is 5.97 Å². The fourth-order valence-corrected chi connectivity index (χ4v) is 3.05. The molecule has 138 valence electrons. The molecule has 0 fully saturated rings. The number of esters is 1. The Hall–Kier alpha value is -3.05. The molecule has 0 saturated carbocycles. The first-order valence-corrected chi connectivity index (χ1v) is 8.79. The molecule has 2 aromatic carbocycles. The van der Waals surface area contributed by atoms with Crippen LogP contribution < -0.4 is 4.90 Å². The van der Waals surface area contributed by atoms with Crippen LogP contribution in [-0.2, 0) is 14.3 Å². The second kappa shape index (κ2) is 7.68. The summed E-state index contributed by atoms with van der Waals surface area (Å²) in [6, 6.07) is 13.2. The van der Waals surface area contributed by atoms with Gasteiger partial charge in [-0.1, -0.05) is 23.7 Å². The summed E-state index contributed by atoms with van der Waals surface area (Å²) >= 11 is 5.94. The number of anilines is 1. The van der Waals surface area contributed by atoms with Crippen LogP contribution in [0.1, 0.15) is 19.4 Å². The quantitative estimate of drug-likeness (QED) is 0.631. The van der Waals surface area contributed by atoms with E-state index in [1.54, 1.807) is 56.3 Å². The summed E-state index contributed by atoms with van der Waals surface area (Å²) in [6.45, 7) is 3.62. The van der Waals surface area contributed by atoms with Gasteiger partial charge in [0, 0.05) is 16.4 Å². The molecule has 1 amide bonds. The number of hydrogen-bond donors (Lipinski definition) is 1. The van der Waals surface area contributed by atoms with Crippen LogP contribution in [0.15, 0.2) is 65.4 Å². The minimum absolute atomic E-state index is 0.120. The summed E-state index contributed by atoms with van der Waals surface area (Å²) in [5, 5.41) is 10.00. The van der Waals surface area contributed by atoms with E-state index in [4.69, 9.17) is 16.3 Å². The number of ether oxygens (including phenoxy) is 1. The number of carbonyl (C=O) groups is 2. The molecule has 0 aliphatic carbocycles. The highest BCUT2D eigenvalue weighted by molar-refractivity contribution is 6.30. The lowest BCUT2D eigenvalue weighted by Crippen LogP contribution is -2.24. The van der Waals surface area contributed by atoms with E-state index in [1.165, 1.54) is 17.0 Å². The lowest BCUT2D eigenvalue weighted by atomic mass is 10.0. The van der Waals surface area contributed by atoms with Gasteiger partial charge in [-0.3, -0.25) is 9.69 Å². The SMILES string of the molecule is CCOC(=O)C1=C(C)N(c2ccc(Cl)cc2)C(=O)/C1=C\c1ccc(O)cc1. The van der Waals surface area contributed by atoms with Crippen molar-refractivity contribution in [2.75, 3.05) is 11.5 Å². The van der Waals surface area contributed by atoms with Gasteiger partial charge in [-0.05, 0) is 61.9 Å². The number of carbonyl (C=O) groups excluding carboxylic acids is 2. The van der Waals surface area contributed by atoms with Crippen LogP contribution in [-0.4, -0.2) is 23.6 Å². The smallest absolute Gasteiger partial charge is 0.340 e. The topological polar surface area (TPSA) is 66.8 Å². The van der Waals surface area contributed by atoms with Crippen molar-refractivity contribution < 1.29 is 19.4 Å². The minimum atomic E-state index is -0.551. The van der Waals surface area contributed by atoms with Crippen molar-refractivity contribution in [3.63, 3.8) is 0 Å². The van der Waals surface area contributed by atoms with Gasteiger partial charge in [-0.15, -0.1) is 0 Å². The van der Waals surface area contributed by atoms with E-state index in [0.717, 1.165) is 0 Å². The van der Waals surface area contributed by atoms with Crippen LogP contribution in [0.3, 0.4) is 0 Å². The number of hydrogen-bond acceptors (Lipinski definition) is 4. The molecule has 0 unspecified atom stereocenters. The third-order valence-corrected chi connectivity index (χ3v) is 4.42. The van der Waals surface area contributed by atoms with Gasteiger partial charge in [-0.25, -0.2) is 4.79 Å². The zero-order valence-electron chi connectivity index (χ0n) is 14.9. The number of nitrogens with zero attached hydrogens (tertiary/aromatic N) is 1. The maximum absolute atomic E-state index is 13.1. The summed E-state index contributed by atoms with van der Waals surface area (Å²) < 4.78 is 5.16. The van der Waals surface area contributed by atoms with Gasteiger partial charge in [0.2, 0.25) is 0 Å². The molecule has 5 nitrogen and oxygen atoms in total. The Balaban J connectivity index is 2.11. The first-order chi connectivity index (χ1) is 12.9. The zero-order chi connectivity index (χ0) is 19.6. The average molecular weight is 384 g/mol. The normalized spacial score (nSPS) is 15.6. The maximum atomic E-state index is 13.1. The second-order valence-electron chi connectivity index (χ2n) is 5.95. The second-order valence-corrected chi connectivity index (χ2v) is 6.38. The Morgan fingerprint density at radius 3 is 2.37 bits per heavy atom. The Labute approximate surface area is 162 Å². The van der Waals surface area contributed by atoms with Crippen molar-refractivity contribution in [1.29, 1.82) is 0 Å². The first kappa shape index (κ1) is 18.7. The first-order valence-electron chi connectivity index (χ1n) is 8.41. The predicted molar refractivity (Wildman–Crippen MR) is 104 cm³/mol. The largest absolute Gasteiger partial charge is 0.508 e.